The maximum absolute atomic E-state index is 12.9. The second kappa shape index (κ2) is 10.4. The lowest BCUT2D eigenvalue weighted by Gasteiger charge is -2.15. The molecule has 7 nitrogen and oxygen atoms in total. The van der Waals surface area contributed by atoms with Crippen LogP contribution in [0.4, 0.5) is 0 Å². The average molecular weight is 477 g/mol. The molecule has 0 aliphatic heterocycles. The molecule has 0 radical (unpaired) electrons. The third-order valence-electron chi connectivity index (χ3n) is 5.22. The van der Waals surface area contributed by atoms with Crippen LogP contribution < -0.4 is 10.1 Å². The molecule has 0 aliphatic carbocycles. The number of benzene rings is 2. The summed E-state index contributed by atoms with van der Waals surface area (Å²) in [6, 6.07) is 22.3. The van der Waals surface area contributed by atoms with Gasteiger partial charge in [-0.15, -0.1) is 0 Å². The molecule has 0 spiro atoms. The van der Waals surface area contributed by atoms with Crippen molar-refractivity contribution in [3.8, 4) is 5.75 Å². The van der Waals surface area contributed by atoms with Crippen LogP contribution >= 0.6 is 0 Å². The van der Waals surface area contributed by atoms with E-state index in [1.54, 1.807) is 24.4 Å². The number of aromatic nitrogens is 1. The molecule has 1 amide bonds. The van der Waals surface area contributed by atoms with Crippen molar-refractivity contribution in [2.75, 3.05) is 0 Å². The highest BCUT2D eigenvalue weighted by Crippen LogP contribution is 2.23. The van der Waals surface area contributed by atoms with Gasteiger partial charge >= 0.3 is 0 Å². The van der Waals surface area contributed by atoms with Gasteiger partial charge in [0.05, 0.1) is 28.6 Å². The van der Waals surface area contributed by atoms with Gasteiger partial charge in [0.15, 0.2) is 15.6 Å². The number of furan rings is 1. The molecule has 0 fully saturated rings. The Kier molecular flexibility index (Phi) is 7.08. The van der Waals surface area contributed by atoms with Crippen molar-refractivity contribution in [1.29, 1.82) is 0 Å². The summed E-state index contributed by atoms with van der Waals surface area (Å²) in [5.74, 6) is -0.192. The number of carbonyl (C=O) groups is 1. The van der Waals surface area contributed by atoms with E-state index in [1.165, 1.54) is 24.5 Å². The molecule has 0 saturated carbocycles. The molecule has 0 bridgehead atoms. The Hall–Kier alpha value is -3.91. The molecule has 2 aromatic carbocycles. The first-order valence-electron chi connectivity index (χ1n) is 10.7. The molecule has 1 unspecified atom stereocenters. The van der Waals surface area contributed by atoms with Gasteiger partial charge in [-0.1, -0.05) is 36.4 Å². The molecule has 0 saturated heterocycles. The average Bonchev–Trinajstić information content (AvgIpc) is 3.31. The van der Waals surface area contributed by atoms with Crippen LogP contribution in [0.5, 0.6) is 5.75 Å². The number of pyridine rings is 1. The van der Waals surface area contributed by atoms with Crippen molar-refractivity contribution in [2.24, 2.45) is 0 Å². The van der Waals surface area contributed by atoms with Crippen molar-refractivity contribution in [3.05, 3.63) is 114 Å². The standard InChI is InChI=1S/C26H24N2O5S/c1-19(20-8-7-10-23(16-20)33-17-22-9-5-6-14-27-22)28-26(29)25-21(13-15-32-25)18-34(30,31)24-11-3-2-4-12-24/h2-16,19H,17-18H2,1H3,(H,28,29). The first-order valence-corrected chi connectivity index (χ1v) is 12.4. The Bertz CT molecular complexity index is 1350. The zero-order valence-corrected chi connectivity index (χ0v) is 19.4. The lowest BCUT2D eigenvalue weighted by atomic mass is 10.1. The summed E-state index contributed by atoms with van der Waals surface area (Å²) in [6.45, 7) is 2.16. The monoisotopic (exact) mass is 476 g/mol. The second-order valence-electron chi connectivity index (χ2n) is 7.72. The minimum Gasteiger partial charge on any atom is -0.487 e. The Labute approximate surface area is 198 Å². The van der Waals surface area contributed by atoms with Crippen LogP contribution in [0, 0.1) is 0 Å². The summed E-state index contributed by atoms with van der Waals surface area (Å²) in [5.41, 5.74) is 1.95. The van der Waals surface area contributed by atoms with Crippen LogP contribution in [0.15, 0.2) is 101 Å². The van der Waals surface area contributed by atoms with Crippen molar-refractivity contribution in [2.45, 2.75) is 30.2 Å². The van der Waals surface area contributed by atoms with Crippen LogP contribution in [0.25, 0.3) is 0 Å². The molecular formula is C26H24N2O5S. The molecule has 8 heteroatoms. The number of carbonyl (C=O) groups excluding carboxylic acids is 1. The zero-order chi connectivity index (χ0) is 24.0. The van der Waals surface area contributed by atoms with E-state index < -0.39 is 15.7 Å². The lowest BCUT2D eigenvalue weighted by Crippen LogP contribution is -2.27. The van der Waals surface area contributed by atoms with Gasteiger partial charge in [-0.2, -0.15) is 0 Å². The maximum atomic E-state index is 12.9. The predicted molar refractivity (Wildman–Crippen MR) is 127 cm³/mol. The van der Waals surface area contributed by atoms with Crippen molar-refractivity contribution in [1.82, 2.24) is 10.3 Å². The molecule has 0 aliphatic rings. The highest BCUT2D eigenvalue weighted by molar-refractivity contribution is 7.90. The lowest BCUT2D eigenvalue weighted by molar-refractivity contribution is 0.0911. The SMILES string of the molecule is CC(NC(=O)c1occc1CS(=O)(=O)c1ccccc1)c1cccc(OCc2ccccn2)c1. The number of sulfone groups is 1. The smallest absolute Gasteiger partial charge is 0.287 e. The van der Waals surface area contributed by atoms with E-state index in [2.05, 4.69) is 10.3 Å². The number of amides is 1. The van der Waals surface area contributed by atoms with Crippen molar-refractivity contribution in [3.63, 3.8) is 0 Å². The van der Waals surface area contributed by atoms with Crippen LogP contribution in [0.3, 0.4) is 0 Å². The summed E-state index contributed by atoms with van der Waals surface area (Å²) in [5, 5.41) is 2.87. The molecule has 2 heterocycles. The number of nitrogens with zero attached hydrogens (tertiary/aromatic N) is 1. The fourth-order valence-electron chi connectivity index (χ4n) is 3.42. The van der Waals surface area contributed by atoms with Gasteiger partial charge in [0, 0.05) is 11.8 Å². The van der Waals surface area contributed by atoms with E-state index >= 15 is 0 Å². The molecule has 1 atom stereocenters. The van der Waals surface area contributed by atoms with E-state index in [9.17, 15) is 13.2 Å². The summed E-state index contributed by atoms with van der Waals surface area (Å²) < 4.78 is 36.6. The van der Waals surface area contributed by atoms with E-state index in [0.717, 1.165) is 11.3 Å². The van der Waals surface area contributed by atoms with Gasteiger partial charge in [-0.25, -0.2) is 8.42 Å². The van der Waals surface area contributed by atoms with E-state index in [1.807, 2.05) is 49.4 Å². The predicted octanol–water partition coefficient (Wildman–Crippen LogP) is 4.72. The molecule has 2 aromatic heterocycles. The Morgan fingerprint density at radius 1 is 1.03 bits per heavy atom. The number of ether oxygens (including phenoxy) is 1. The maximum Gasteiger partial charge on any atom is 0.287 e. The highest BCUT2D eigenvalue weighted by atomic mass is 32.2. The summed E-state index contributed by atoms with van der Waals surface area (Å²) >= 11 is 0. The minimum atomic E-state index is -3.62. The summed E-state index contributed by atoms with van der Waals surface area (Å²) in [6.07, 6.45) is 3.03. The highest BCUT2D eigenvalue weighted by Gasteiger charge is 2.23. The van der Waals surface area contributed by atoms with Gasteiger partial charge < -0.3 is 14.5 Å². The number of hydrogen-bond acceptors (Lipinski definition) is 6. The third kappa shape index (κ3) is 5.71. The molecule has 4 rings (SSSR count). The Balaban J connectivity index is 1.42. The quantitative estimate of drug-likeness (QED) is 0.375. The zero-order valence-electron chi connectivity index (χ0n) is 18.5. The fraction of sp³-hybridized carbons (Fsp3) is 0.154. The first-order chi connectivity index (χ1) is 16.4. The van der Waals surface area contributed by atoms with Crippen LogP contribution in [0.1, 0.15) is 40.3 Å². The third-order valence-corrected chi connectivity index (χ3v) is 6.90. The summed E-state index contributed by atoms with van der Waals surface area (Å²) in [7, 11) is -3.62. The van der Waals surface area contributed by atoms with Gasteiger partial charge in [0.1, 0.15) is 12.4 Å². The fourth-order valence-corrected chi connectivity index (χ4v) is 4.80. The Morgan fingerprint density at radius 3 is 2.59 bits per heavy atom. The van der Waals surface area contributed by atoms with Crippen LogP contribution in [0.2, 0.25) is 0 Å². The largest absolute Gasteiger partial charge is 0.487 e. The molecule has 174 valence electrons. The molecule has 1 N–H and O–H groups in total. The van der Waals surface area contributed by atoms with Crippen molar-refractivity contribution >= 4 is 15.7 Å². The van der Waals surface area contributed by atoms with E-state index in [0.29, 0.717) is 17.9 Å². The Morgan fingerprint density at radius 2 is 1.82 bits per heavy atom. The molecular weight excluding hydrogens is 452 g/mol. The topological polar surface area (TPSA) is 98.5 Å². The van der Waals surface area contributed by atoms with E-state index in [-0.39, 0.29) is 22.5 Å². The number of rotatable bonds is 9. The van der Waals surface area contributed by atoms with Crippen molar-refractivity contribution < 1.29 is 22.4 Å². The van der Waals surface area contributed by atoms with Gasteiger partial charge in [0.25, 0.3) is 5.91 Å². The first kappa shape index (κ1) is 23.3. The van der Waals surface area contributed by atoms with Gasteiger partial charge in [0.2, 0.25) is 0 Å². The van der Waals surface area contributed by atoms with Crippen LogP contribution in [-0.4, -0.2) is 19.3 Å². The summed E-state index contributed by atoms with van der Waals surface area (Å²) in [4.78, 5) is 17.3. The minimum absolute atomic E-state index is 0.0195. The molecule has 34 heavy (non-hydrogen) atoms. The van der Waals surface area contributed by atoms with Crippen LogP contribution in [-0.2, 0) is 22.2 Å². The number of hydrogen-bond donors (Lipinski definition) is 1. The molecule has 4 aromatic rings. The van der Waals surface area contributed by atoms with Gasteiger partial charge in [-0.05, 0) is 55.0 Å². The van der Waals surface area contributed by atoms with Gasteiger partial charge in [-0.3, -0.25) is 9.78 Å². The number of nitrogens with one attached hydrogen (secondary N) is 1. The second-order valence-corrected chi connectivity index (χ2v) is 9.71. The normalized spacial score (nSPS) is 12.1. The van der Waals surface area contributed by atoms with E-state index in [4.69, 9.17) is 9.15 Å².